The molecule has 0 fully saturated rings. The number of amides is 4. The van der Waals surface area contributed by atoms with E-state index in [0.717, 1.165) is 24.2 Å². The normalized spacial score (nSPS) is 15.9. The van der Waals surface area contributed by atoms with Crippen LogP contribution in [0.15, 0.2) is 71.5 Å². The lowest BCUT2D eigenvalue weighted by Crippen LogP contribution is -2.53. The zero-order valence-corrected chi connectivity index (χ0v) is 54.7. The number of fused-ring (bicyclic) bond motifs is 5. The summed E-state index contributed by atoms with van der Waals surface area (Å²) in [6.07, 6.45) is 2.57. The van der Waals surface area contributed by atoms with Gasteiger partial charge in [-0.3, -0.25) is 19.2 Å². The molecule has 3 aromatic carbocycles. The Hall–Kier alpha value is -7.34. The number of hydrogen-bond acceptors (Lipinski definition) is 20. The van der Waals surface area contributed by atoms with Gasteiger partial charge in [-0.15, -0.1) is 0 Å². The van der Waals surface area contributed by atoms with Crippen molar-refractivity contribution in [1.29, 1.82) is 0 Å². The molecule has 25 nitrogen and oxygen atoms in total. The van der Waals surface area contributed by atoms with Crippen LogP contribution in [0.25, 0.3) is 22.3 Å². The molecular formula is C69H92FN7O18. The third-order valence-electron chi connectivity index (χ3n) is 16.6. The van der Waals surface area contributed by atoms with Crippen LogP contribution in [0.5, 0.6) is 0 Å². The van der Waals surface area contributed by atoms with E-state index >= 15 is 4.39 Å². The van der Waals surface area contributed by atoms with Gasteiger partial charge in [-0.2, -0.15) is 0 Å². The quantitative estimate of drug-likeness (QED) is 0.0198. The van der Waals surface area contributed by atoms with Crippen LogP contribution in [0.4, 0.5) is 14.9 Å². The van der Waals surface area contributed by atoms with E-state index in [4.69, 9.17) is 62.8 Å². The van der Waals surface area contributed by atoms with E-state index in [1.165, 1.54) is 10.6 Å². The molecule has 5 aromatic rings. The summed E-state index contributed by atoms with van der Waals surface area (Å²) in [6.45, 7) is 13.2. The first-order valence-electron chi connectivity index (χ1n) is 32.9. The summed E-state index contributed by atoms with van der Waals surface area (Å²) < 4.78 is 77.7. The van der Waals surface area contributed by atoms with Gasteiger partial charge in [0.1, 0.15) is 31.1 Å². The number of carbonyl (C=O) groups is 5. The number of anilines is 1. The second-order valence-electron chi connectivity index (χ2n) is 23.2. The second kappa shape index (κ2) is 38.4. The summed E-state index contributed by atoms with van der Waals surface area (Å²) in [6, 6.07) is 16.2. The highest BCUT2D eigenvalue weighted by atomic mass is 19.1. The number of cyclic esters (lactones) is 1. The lowest BCUT2D eigenvalue weighted by molar-refractivity contribution is -0.172. The predicted octanol–water partition coefficient (Wildman–Crippen LogP) is 5.67. The van der Waals surface area contributed by atoms with Crippen molar-refractivity contribution in [1.82, 2.24) is 25.5 Å². The molecule has 7 N–H and O–H groups in total. The molecule has 26 heteroatoms. The number of unbranched alkanes of at least 4 members (excludes halogenated alkanes) is 1. The number of halogens is 1. The number of aliphatic hydroxyl groups is 1. The zero-order valence-electron chi connectivity index (χ0n) is 54.7. The largest absolute Gasteiger partial charge is 0.458 e. The fraction of sp³-hybridized carbons (Fsp3) is 0.551. The van der Waals surface area contributed by atoms with Crippen LogP contribution in [0.2, 0.25) is 0 Å². The number of nitrogens with two attached hydrogens (primary N) is 1. The molecule has 0 unspecified atom stereocenters. The maximum absolute atomic E-state index is 15.5. The lowest BCUT2D eigenvalue weighted by Gasteiger charge is -2.31. The van der Waals surface area contributed by atoms with Gasteiger partial charge in [-0.1, -0.05) is 56.3 Å². The molecule has 0 bridgehead atoms. The smallest absolute Gasteiger partial charge is 0.407 e. The van der Waals surface area contributed by atoms with Crippen molar-refractivity contribution in [3.63, 3.8) is 0 Å². The molecule has 0 saturated carbocycles. The van der Waals surface area contributed by atoms with Gasteiger partial charge in [0, 0.05) is 47.7 Å². The van der Waals surface area contributed by atoms with E-state index < -0.39 is 64.9 Å². The molecule has 518 valence electrons. The van der Waals surface area contributed by atoms with Crippen LogP contribution < -0.4 is 32.6 Å². The van der Waals surface area contributed by atoms with Gasteiger partial charge in [0.05, 0.1) is 147 Å². The first kappa shape index (κ1) is 73.5. The monoisotopic (exact) mass is 1330 g/mol. The van der Waals surface area contributed by atoms with Crippen LogP contribution >= 0.6 is 0 Å². The van der Waals surface area contributed by atoms with Gasteiger partial charge in [-0.05, 0) is 104 Å². The summed E-state index contributed by atoms with van der Waals surface area (Å²) in [4.78, 5) is 86.9. The number of ether oxygens (including phenoxy) is 11. The van der Waals surface area contributed by atoms with Crippen molar-refractivity contribution >= 4 is 46.4 Å². The molecule has 0 radical (unpaired) electrons. The fourth-order valence-electron chi connectivity index (χ4n) is 11.5. The van der Waals surface area contributed by atoms with Gasteiger partial charge >= 0.3 is 12.1 Å². The molecule has 4 heterocycles. The lowest BCUT2D eigenvalue weighted by atomic mass is 9.81. The SMILES string of the molecule is CCCOCCOCCOCCOCCOCCOCCOCCOCCOCCC(=O)N[C@@H](Cc1ccccc1)C(=O)N[C@@H](CCCCN)C(=O)Nc1ccc(COC(=O)N[C@H]2CCc3c(C)c(F)cc4nc5c(c2c34)Cn2c-5cc3c(c2=O)COC(=O)[C@]3(O)CC)cc1. The van der Waals surface area contributed by atoms with Crippen molar-refractivity contribution in [3.05, 3.63) is 127 Å². The van der Waals surface area contributed by atoms with E-state index in [1.54, 1.807) is 44.2 Å². The van der Waals surface area contributed by atoms with E-state index in [0.29, 0.717) is 175 Å². The topological polar surface area (TPSA) is 316 Å². The first-order chi connectivity index (χ1) is 46.2. The Labute approximate surface area is 552 Å². The van der Waals surface area contributed by atoms with E-state index in [-0.39, 0.29) is 76.4 Å². The van der Waals surface area contributed by atoms with Gasteiger partial charge in [0.2, 0.25) is 17.7 Å². The Morgan fingerprint density at radius 1 is 0.716 bits per heavy atom. The standard InChI is InChI=1S/C69H92FN7O18/c1-4-22-85-24-26-87-28-30-89-32-34-91-36-38-93-39-37-92-35-33-90-31-29-88-27-25-86-23-20-60(78)73-58(40-47-11-7-6-8-12-47)65(80)75-56(13-9-10-21-71)64(79)72-49-16-14-48(15-17-49)44-95-68(83)76-55-19-18-50-46(3)54(70)42-57-61(50)62(55)51-43-77-59(63(51)74-57)41-53-52(66(77)81)45-94-67(82)69(53,84)5-2/h6-8,11-12,14-17,41-42,55-56,58,84H,4-5,9-10,13,18-40,43-45,71H2,1-3H3,(H,72,79)(H,73,78)(H,75,80)(H,76,83)/t55-,56-,58-,69-/m0/s1. The van der Waals surface area contributed by atoms with Gasteiger partial charge in [-0.25, -0.2) is 19.0 Å². The molecular weight excluding hydrogens is 1230 g/mol. The molecule has 2 aromatic heterocycles. The maximum atomic E-state index is 15.5. The number of nitrogens with zero attached hydrogens (tertiary/aromatic N) is 2. The minimum atomic E-state index is -2.04. The summed E-state index contributed by atoms with van der Waals surface area (Å²) in [5.74, 6) is -2.75. The van der Waals surface area contributed by atoms with E-state index in [2.05, 4.69) is 28.2 Å². The van der Waals surface area contributed by atoms with Crippen molar-refractivity contribution in [2.45, 2.75) is 122 Å². The molecule has 1 aliphatic carbocycles. The average molecular weight is 1330 g/mol. The summed E-state index contributed by atoms with van der Waals surface area (Å²) in [5.41, 5.74) is 9.04. The minimum Gasteiger partial charge on any atom is -0.458 e. The molecule has 8 rings (SSSR count). The van der Waals surface area contributed by atoms with E-state index in [1.807, 2.05) is 30.3 Å². The van der Waals surface area contributed by atoms with Crippen molar-refractivity contribution in [2.24, 2.45) is 5.73 Å². The molecule has 3 aliphatic rings. The van der Waals surface area contributed by atoms with Gasteiger partial charge in [0.25, 0.3) is 5.56 Å². The maximum Gasteiger partial charge on any atom is 0.407 e. The number of pyridine rings is 2. The molecule has 0 spiro atoms. The Balaban J connectivity index is 0.741. The third kappa shape index (κ3) is 21.1. The van der Waals surface area contributed by atoms with Crippen molar-refractivity contribution < 1.29 is 85.6 Å². The first-order valence-corrected chi connectivity index (χ1v) is 32.9. The Morgan fingerprint density at radius 3 is 1.88 bits per heavy atom. The molecule has 4 amide bonds. The molecule has 4 atom stereocenters. The predicted molar refractivity (Wildman–Crippen MR) is 348 cm³/mol. The Bertz CT molecular complexity index is 3380. The molecule has 95 heavy (non-hydrogen) atoms. The van der Waals surface area contributed by atoms with Crippen LogP contribution in [-0.4, -0.2) is 182 Å². The van der Waals surface area contributed by atoms with Crippen molar-refractivity contribution in [3.8, 4) is 11.4 Å². The minimum absolute atomic E-state index is 0.0264. The number of rotatable bonds is 44. The number of carbonyl (C=O) groups excluding carboxylic acids is 5. The summed E-state index contributed by atoms with van der Waals surface area (Å²) in [5, 5.41) is 23.7. The Morgan fingerprint density at radius 2 is 1.31 bits per heavy atom. The summed E-state index contributed by atoms with van der Waals surface area (Å²) in [7, 11) is 0. The Kier molecular flexibility index (Phi) is 29.7. The van der Waals surface area contributed by atoms with Crippen LogP contribution in [-0.2, 0) is 109 Å². The van der Waals surface area contributed by atoms with Gasteiger partial charge in [0.15, 0.2) is 5.60 Å². The zero-order chi connectivity index (χ0) is 67.4. The van der Waals surface area contributed by atoms with Crippen LogP contribution in [0, 0.1) is 12.7 Å². The number of aromatic nitrogens is 2. The molecule has 2 aliphatic heterocycles. The molecule has 0 saturated heterocycles. The number of alkyl carbamates (subject to hydrolysis) is 1. The van der Waals surface area contributed by atoms with Crippen LogP contribution in [0.1, 0.15) is 109 Å². The summed E-state index contributed by atoms with van der Waals surface area (Å²) >= 11 is 0. The number of aryl methyl sites for hydroxylation is 1. The number of hydrogen-bond donors (Lipinski definition) is 6. The number of nitrogens with one attached hydrogen (secondary N) is 4. The number of benzene rings is 3. The highest BCUT2D eigenvalue weighted by Gasteiger charge is 2.46. The highest BCUT2D eigenvalue weighted by Crippen LogP contribution is 2.46. The number of esters is 1. The van der Waals surface area contributed by atoms with Gasteiger partial charge < -0.3 is 88.8 Å². The van der Waals surface area contributed by atoms with Crippen molar-refractivity contribution in [2.75, 3.05) is 131 Å². The highest BCUT2D eigenvalue weighted by molar-refractivity contribution is 5.99. The van der Waals surface area contributed by atoms with Crippen LogP contribution in [0.3, 0.4) is 0 Å². The van der Waals surface area contributed by atoms with E-state index in [9.17, 15) is 33.9 Å². The average Bonchev–Trinajstić information content (AvgIpc) is 1.62. The fourth-order valence-corrected chi connectivity index (χ4v) is 11.5. The third-order valence-corrected chi connectivity index (χ3v) is 16.6. The second-order valence-corrected chi connectivity index (χ2v) is 23.2.